The number of benzene rings is 2. The number of amides is 1. The fourth-order valence-electron chi connectivity index (χ4n) is 1.84. The number of ether oxygens (including phenoxy) is 2. The van der Waals surface area contributed by atoms with E-state index in [2.05, 4.69) is 10.5 Å². The van der Waals surface area contributed by atoms with Crippen molar-refractivity contribution in [2.45, 2.75) is 13.0 Å². The van der Waals surface area contributed by atoms with E-state index in [1.54, 1.807) is 49.4 Å². The molecule has 0 heterocycles. The SMILES string of the molecule is COc1cccc(C=NNC(=O)C(C)Oc2ccc(Cl)cc2)c1O. The zero-order valence-corrected chi connectivity index (χ0v) is 13.9. The van der Waals surface area contributed by atoms with Gasteiger partial charge in [-0.15, -0.1) is 0 Å². The van der Waals surface area contributed by atoms with Gasteiger partial charge < -0.3 is 14.6 Å². The first-order valence-corrected chi connectivity index (χ1v) is 7.50. The van der Waals surface area contributed by atoms with Gasteiger partial charge in [0.05, 0.1) is 13.3 Å². The number of hydrogen-bond acceptors (Lipinski definition) is 5. The van der Waals surface area contributed by atoms with Gasteiger partial charge in [-0.3, -0.25) is 4.79 Å². The molecule has 6 nitrogen and oxygen atoms in total. The second-order valence-corrected chi connectivity index (χ2v) is 5.28. The number of hydrogen-bond donors (Lipinski definition) is 2. The van der Waals surface area contributed by atoms with Crippen LogP contribution in [0.25, 0.3) is 0 Å². The second kappa shape index (κ2) is 8.21. The lowest BCUT2D eigenvalue weighted by atomic mass is 10.2. The largest absolute Gasteiger partial charge is 0.504 e. The molecule has 0 aromatic heterocycles. The molecule has 0 saturated carbocycles. The van der Waals surface area contributed by atoms with E-state index in [-0.39, 0.29) is 5.75 Å². The molecule has 0 aliphatic rings. The molecule has 0 saturated heterocycles. The van der Waals surface area contributed by atoms with Crippen LogP contribution in [-0.4, -0.2) is 30.4 Å². The number of phenolic OH excluding ortho intramolecular Hbond substituents is 1. The van der Waals surface area contributed by atoms with Crippen molar-refractivity contribution < 1.29 is 19.4 Å². The molecule has 24 heavy (non-hydrogen) atoms. The summed E-state index contributed by atoms with van der Waals surface area (Å²) < 4.78 is 10.5. The Morgan fingerprint density at radius 2 is 2.00 bits per heavy atom. The van der Waals surface area contributed by atoms with E-state index < -0.39 is 12.0 Å². The van der Waals surface area contributed by atoms with Gasteiger partial charge in [-0.1, -0.05) is 17.7 Å². The van der Waals surface area contributed by atoms with Crippen LogP contribution in [0.2, 0.25) is 5.02 Å². The van der Waals surface area contributed by atoms with E-state index >= 15 is 0 Å². The van der Waals surface area contributed by atoms with Gasteiger partial charge in [0.25, 0.3) is 5.91 Å². The van der Waals surface area contributed by atoms with Gasteiger partial charge in [0, 0.05) is 10.6 Å². The molecular weight excluding hydrogens is 332 g/mol. The summed E-state index contributed by atoms with van der Waals surface area (Å²) in [6.07, 6.45) is 0.576. The summed E-state index contributed by atoms with van der Waals surface area (Å²) in [6, 6.07) is 11.6. The Morgan fingerprint density at radius 1 is 1.29 bits per heavy atom. The molecule has 0 aliphatic heterocycles. The summed E-state index contributed by atoms with van der Waals surface area (Å²) in [5.41, 5.74) is 2.77. The highest BCUT2D eigenvalue weighted by Crippen LogP contribution is 2.27. The minimum absolute atomic E-state index is 0.0524. The van der Waals surface area contributed by atoms with Crippen LogP contribution in [0.5, 0.6) is 17.2 Å². The molecule has 0 radical (unpaired) electrons. The predicted octanol–water partition coefficient (Wildman–Crippen LogP) is 2.97. The first-order valence-electron chi connectivity index (χ1n) is 7.12. The number of hydrazone groups is 1. The van der Waals surface area contributed by atoms with Gasteiger partial charge in [-0.2, -0.15) is 5.10 Å². The van der Waals surface area contributed by atoms with Crippen molar-refractivity contribution in [3.63, 3.8) is 0 Å². The third-order valence-corrected chi connectivity index (χ3v) is 3.38. The molecule has 0 fully saturated rings. The number of methoxy groups -OCH3 is 1. The Morgan fingerprint density at radius 3 is 2.67 bits per heavy atom. The lowest BCUT2D eigenvalue weighted by Crippen LogP contribution is -2.33. The third kappa shape index (κ3) is 4.63. The highest BCUT2D eigenvalue weighted by atomic mass is 35.5. The maximum absolute atomic E-state index is 11.9. The molecule has 0 spiro atoms. The summed E-state index contributed by atoms with van der Waals surface area (Å²) in [7, 11) is 1.45. The quantitative estimate of drug-likeness (QED) is 0.621. The molecule has 2 aromatic rings. The Hall–Kier alpha value is -2.73. The van der Waals surface area contributed by atoms with Crippen molar-refractivity contribution in [1.29, 1.82) is 0 Å². The molecule has 7 heteroatoms. The summed E-state index contributed by atoms with van der Waals surface area (Å²) >= 11 is 5.79. The molecule has 1 atom stereocenters. The Labute approximate surface area is 144 Å². The van der Waals surface area contributed by atoms with E-state index in [1.807, 2.05) is 0 Å². The summed E-state index contributed by atoms with van der Waals surface area (Å²) in [4.78, 5) is 11.9. The van der Waals surface area contributed by atoms with E-state index in [9.17, 15) is 9.90 Å². The first-order chi connectivity index (χ1) is 11.5. The summed E-state index contributed by atoms with van der Waals surface area (Å²) in [5, 5.41) is 14.3. The number of nitrogens with zero attached hydrogens (tertiary/aromatic N) is 1. The zero-order chi connectivity index (χ0) is 17.5. The van der Waals surface area contributed by atoms with Crippen molar-refractivity contribution in [1.82, 2.24) is 5.43 Å². The lowest BCUT2D eigenvalue weighted by molar-refractivity contribution is -0.127. The van der Waals surface area contributed by atoms with Crippen LogP contribution >= 0.6 is 11.6 Å². The average molecular weight is 349 g/mol. The van der Waals surface area contributed by atoms with E-state index in [4.69, 9.17) is 21.1 Å². The molecule has 2 N–H and O–H groups in total. The number of rotatable bonds is 6. The fourth-order valence-corrected chi connectivity index (χ4v) is 1.96. The third-order valence-electron chi connectivity index (χ3n) is 3.12. The molecule has 2 aromatic carbocycles. The maximum Gasteiger partial charge on any atom is 0.280 e. The fraction of sp³-hybridized carbons (Fsp3) is 0.176. The Bertz CT molecular complexity index is 732. The van der Waals surface area contributed by atoms with Crippen molar-refractivity contribution >= 4 is 23.7 Å². The van der Waals surface area contributed by atoms with Gasteiger partial charge in [-0.05, 0) is 43.3 Å². The molecule has 126 valence electrons. The van der Waals surface area contributed by atoms with Crippen molar-refractivity contribution in [2.24, 2.45) is 5.10 Å². The average Bonchev–Trinajstić information content (AvgIpc) is 2.58. The summed E-state index contributed by atoms with van der Waals surface area (Å²) in [5.74, 6) is 0.369. The highest BCUT2D eigenvalue weighted by Gasteiger charge is 2.14. The van der Waals surface area contributed by atoms with Gasteiger partial charge in [0.15, 0.2) is 17.6 Å². The molecule has 2 rings (SSSR count). The van der Waals surface area contributed by atoms with Crippen molar-refractivity contribution in [3.05, 3.63) is 53.1 Å². The Kier molecular flexibility index (Phi) is 6.03. The maximum atomic E-state index is 11.9. The number of nitrogens with one attached hydrogen (secondary N) is 1. The van der Waals surface area contributed by atoms with Crippen LogP contribution in [0.3, 0.4) is 0 Å². The van der Waals surface area contributed by atoms with Crippen molar-refractivity contribution in [3.8, 4) is 17.2 Å². The summed E-state index contributed by atoms with van der Waals surface area (Å²) in [6.45, 7) is 1.60. The number of para-hydroxylation sites is 1. The topological polar surface area (TPSA) is 80.2 Å². The van der Waals surface area contributed by atoms with E-state index in [1.165, 1.54) is 13.3 Å². The number of aromatic hydroxyl groups is 1. The van der Waals surface area contributed by atoms with Gasteiger partial charge in [0.2, 0.25) is 0 Å². The molecule has 0 aliphatic carbocycles. The molecular formula is C17H17ClN2O4. The lowest BCUT2D eigenvalue weighted by Gasteiger charge is -2.12. The standard InChI is InChI=1S/C17H17ClN2O4/c1-11(24-14-8-6-13(18)7-9-14)17(22)20-19-10-12-4-3-5-15(23-2)16(12)21/h3-11,21H,1-2H3,(H,20,22). The number of carbonyl (C=O) groups excluding carboxylic acids is 1. The van der Waals surface area contributed by atoms with Crippen LogP contribution in [0.4, 0.5) is 0 Å². The normalized spacial score (nSPS) is 12.0. The Balaban J connectivity index is 1.93. The number of halogens is 1. The van der Waals surface area contributed by atoms with Gasteiger partial charge in [0.1, 0.15) is 5.75 Å². The predicted molar refractivity (Wildman–Crippen MR) is 91.9 cm³/mol. The number of phenols is 1. The second-order valence-electron chi connectivity index (χ2n) is 4.85. The van der Waals surface area contributed by atoms with Gasteiger partial charge >= 0.3 is 0 Å². The molecule has 0 bridgehead atoms. The zero-order valence-electron chi connectivity index (χ0n) is 13.2. The van der Waals surface area contributed by atoms with Crippen LogP contribution in [0, 0.1) is 0 Å². The highest BCUT2D eigenvalue weighted by molar-refractivity contribution is 6.30. The minimum Gasteiger partial charge on any atom is -0.504 e. The van der Waals surface area contributed by atoms with Crippen LogP contribution in [0.15, 0.2) is 47.6 Å². The molecule has 1 unspecified atom stereocenters. The van der Waals surface area contributed by atoms with Crippen molar-refractivity contribution in [2.75, 3.05) is 7.11 Å². The minimum atomic E-state index is -0.748. The first kappa shape index (κ1) is 17.6. The van der Waals surface area contributed by atoms with Crippen LogP contribution < -0.4 is 14.9 Å². The van der Waals surface area contributed by atoms with E-state index in [0.717, 1.165) is 0 Å². The van der Waals surface area contributed by atoms with Gasteiger partial charge in [-0.25, -0.2) is 5.43 Å². The van der Waals surface area contributed by atoms with Crippen LogP contribution in [0.1, 0.15) is 12.5 Å². The van der Waals surface area contributed by atoms with E-state index in [0.29, 0.717) is 22.1 Å². The smallest absolute Gasteiger partial charge is 0.280 e. The van der Waals surface area contributed by atoms with Crippen LogP contribution in [-0.2, 0) is 4.79 Å². The monoisotopic (exact) mass is 348 g/mol. The molecule has 1 amide bonds. The number of carbonyl (C=O) groups is 1.